The molecular formula is C34H58OSi. The van der Waals surface area contributed by atoms with Crippen molar-refractivity contribution < 1.29 is 4.43 Å². The van der Waals surface area contributed by atoms with E-state index >= 15 is 0 Å². The van der Waals surface area contributed by atoms with Gasteiger partial charge in [0.1, 0.15) is 0 Å². The van der Waals surface area contributed by atoms with Crippen LogP contribution in [0.15, 0.2) is 47.6 Å². The van der Waals surface area contributed by atoms with E-state index in [0.717, 1.165) is 37.0 Å². The molecule has 3 fully saturated rings. The van der Waals surface area contributed by atoms with E-state index in [1.54, 1.807) is 5.57 Å². The maximum Gasteiger partial charge on any atom is 0.192 e. The van der Waals surface area contributed by atoms with Gasteiger partial charge in [-0.15, -0.1) is 0 Å². The van der Waals surface area contributed by atoms with E-state index in [1.807, 2.05) is 0 Å². The Hall–Kier alpha value is -0.863. The molecule has 3 aliphatic rings. The van der Waals surface area contributed by atoms with E-state index < -0.39 is 8.32 Å². The number of fused-ring (bicyclic) bond motifs is 1. The smallest absolute Gasteiger partial charge is 0.192 e. The van der Waals surface area contributed by atoms with Gasteiger partial charge in [0, 0.05) is 6.10 Å². The van der Waals surface area contributed by atoms with Gasteiger partial charge in [-0.1, -0.05) is 97.4 Å². The van der Waals surface area contributed by atoms with Crippen LogP contribution in [0, 0.1) is 35.0 Å². The Labute approximate surface area is 226 Å². The first-order chi connectivity index (χ1) is 16.7. The summed E-state index contributed by atoms with van der Waals surface area (Å²) in [5.41, 5.74) is 4.94. The Balaban J connectivity index is 1.73. The van der Waals surface area contributed by atoms with Crippen molar-refractivity contribution in [2.45, 2.75) is 131 Å². The average Bonchev–Trinajstić information content (AvgIpc) is 3.14. The molecule has 204 valence electrons. The summed E-state index contributed by atoms with van der Waals surface area (Å²) in [6, 6.07) is 0. The van der Waals surface area contributed by atoms with Crippen LogP contribution >= 0.6 is 0 Å². The molecule has 0 heterocycles. The molecule has 0 bridgehead atoms. The molecule has 0 aromatic carbocycles. The highest BCUT2D eigenvalue weighted by atomic mass is 28.4. The van der Waals surface area contributed by atoms with Gasteiger partial charge in [0.2, 0.25) is 0 Å². The third-order valence-corrected chi connectivity index (χ3v) is 15.4. The Morgan fingerprint density at radius 1 is 1.00 bits per heavy atom. The van der Waals surface area contributed by atoms with E-state index in [0.29, 0.717) is 23.4 Å². The average molecular weight is 511 g/mol. The predicted octanol–water partition coefficient (Wildman–Crippen LogP) is 10.7. The summed E-state index contributed by atoms with van der Waals surface area (Å²) < 4.78 is 6.82. The second kappa shape index (κ2) is 11.5. The van der Waals surface area contributed by atoms with Gasteiger partial charge < -0.3 is 4.43 Å². The lowest BCUT2D eigenvalue weighted by molar-refractivity contribution is 0.112. The van der Waals surface area contributed by atoms with E-state index in [4.69, 9.17) is 4.43 Å². The maximum atomic E-state index is 6.82. The quantitative estimate of drug-likeness (QED) is 0.244. The molecule has 0 aliphatic heterocycles. The minimum atomic E-state index is -1.74. The topological polar surface area (TPSA) is 9.23 Å². The highest BCUT2D eigenvalue weighted by molar-refractivity contribution is 6.74. The fraction of sp³-hybridized carbons (Fsp3) is 0.765. The monoisotopic (exact) mass is 510 g/mol. The fourth-order valence-electron chi connectivity index (χ4n) is 6.93. The summed E-state index contributed by atoms with van der Waals surface area (Å²) >= 11 is 0. The van der Waals surface area contributed by atoms with Gasteiger partial charge in [-0.25, -0.2) is 0 Å². The van der Waals surface area contributed by atoms with Crippen molar-refractivity contribution >= 4 is 8.32 Å². The largest absolute Gasteiger partial charge is 0.414 e. The van der Waals surface area contributed by atoms with Gasteiger partial charge in [0.15, 0.2) is 8.32 Å². The molecule has 3 aliphatic carbocycles. The minimum Gasteiger partial charge on any atom is -0.414 e. The number of hydrogen-bond donors (Lipinski definition) is 0. The van der Waals surface area contributed by atoms with Crippen molar-refractivity contribution in [3.8, 4) is 0 Å². The van der Waals surface area contributed by atoms with Crippen LogP contribution in [0.1, 0.15) is 107 Å². The maximum absolute atomic E-state index is 6.82. The van der Waals surface area contributed by atoms with Crippen LogP contribution in [-0.4, -0.2) is 14.4 Å². The molecule has 0 radical (unpaired) electrons. The highest BCUT2D eigenvalue weighted by Gasteiger charge is 2.50. The molecule has 3 rings (SSSR count). The van der Waals surface area contributed by atoms with Gasteiger partial charge in [0.05, 0.1) is 0 Å². The Morgan fingerprint density at radius 2 is 1.69 bits per heavy atom. The number of hydrogen-bond acceptors (Lipinski definition) is 1. The molecule has 36 heavy (non-hydrogen) atoms. The first-order valence-electron chi connectivity index (χ1n) is 15.1. The van der Waals surface area contributed by atoms with Gasteiger partial charge in [-0.05, 0) is 110 Å². The SMILES string of the molecule is C=C1CC[C@H](O[Si](C)(C)C(C)(C)C)C/C1=C\C=C1/CCC[C@@]2(C)C1CCC2[C@H](C)/C=C/[C@H](C)C(C)C. The third kappa shape index (κ3) is 6.58. The van der Waals surface area contributed by atoms with Crippen LogP contribution in [0.5, 0.6) is 0 Å². The lowest BCUT2D eigenvalue weighted by atomic mass is 9.61. The fourth-order valence-corrected chi connectivity index (χ4v) is 8.31. The van der Waals surface area contributed by atoms with E-state index in [1.165, 1.54) is 43.3 Å². The first kappa shape index (κ1) is 29.7. The standard InChI is InChI=1S/C34H58OSi/c1-24(2)25(3)14-15-27(5)31-20-21-32-28(13-12-22-34(31,32)9)17-18-29-23-30(19-16-26(29)4)35-36(10,11)33(6,7)8/h14-15,17-18,24-25,27,30-32H,4,12-13,16,19-23H2,1-3,5-11H3/b15-14+,28-17+,29-18+/t25-,27+,30-,31?,32?,34+/m0/s1. The zero-order valence-corrected chi connectivity index (χ0v) is 26.5. The third-order valence-electron chi connectivity index (χ3n) is 10.9. The molecule has 2 unspecified atom stereocenters. The molecule has 2 heteroatoms. The van der Waals surface area contributed by atoms with Gasteiger partial charge in [-0.2, -0.15) is 0 Å². The molecule has 0 aromatic rings. The van der Waals surface area contributed by atoms with Crippen LogP contribution in [0.25, 0.3) is 0 Å². The summed E-state index contributed by atoms with van der Waals surface area (Å²) in [7, 11) is -1.74. The lowest BCUT2D eigenvalue weighted by Crippen LogP contribution is -2.44. The molecule has 6 atom stereocenters. The van der Waals surface area contributed by atoms with Crippen molar-refractivity contribution in [2.75, 3.05) is 0 Å². The molecule has 3 saturated carbocycles. The number of allylic oxidation sites excluding steroid dienone is 6. The van der Waals surface area contributed by atoms with Crippen LogP contribution < -0.4 is 0 Å². The van der Waals surface area contributed by atoms with Crippen LogP contribution in [-0.2, 0) is 4.43 Å². The highest BCUT2D eigenvalue weighted by Crippen LogP contribution is 2.59. The summed E-state index contributed by atoms with van der Waals surface area (Å²) in [4.78, 5) is 0. The van der Waals surface area contributed by atoms with E-state index in [-0.39, 0.29) is 5.04 Å². The zero-order chi connectivity index (χ0) is 26.9. The Bertz CT molecular complexity index is 866. The molecule has 0 spiro atoms. The molecule has 0 aromatic heterocycles. The predicted molar refractivity (Wildman–Crippen MR) is 162 cm³/mol. The molecule has 1 nitrogen and oxygen atoms in total. The molecule has 0 N–H and O–H groups in total. The lowest BCUT2D eigenvalue weighted by Gasteiger charge is -2.44. The summed E-state index contributed by atoms with van der Waals surface area (Å²) in [6.45, 7) is 28.4. The van der Waals surface area contributed by atoms with E-state index in [2.05, 4.69) is 99.4 Å². The van der Waals surface area contributed by atoms with Crippen molar-refractivity contribution in [1.82, 2.24) is 0 Å². The minimum absolute atomic E-state index is 0.262. The van der Waals surface area contributed by atoms with E-state index in [9.17, 15) is 0 Å². The summed E-state index contributed by atoms with van der Waals surface area (Å²) in [5.74, 6) is 3.62. The van der Waals surface area contributed by atoms with Crippen molar-refractivity contribution in [3.05, 3.63) is 47.6 Å². The first-order valence-corrected chi connectivity index (χ1v) is 18.0. The van der Waals surface area contributed by atoms with Gasteiger partial charge in [-0.3, -0.25) is 0 Å². The molecule has 0 amide bonds. The van der Waals surface area contributed by atoms with Gasteiger partial charge in [0.25, 0.3) is 0 Å². The summed E-state index contributed by atoms with van der Waals surface area (Å²) in [6.07, 6.45) is 20.4. The Morgan fingerprint density at radius 3 is 2.33 bits per heavy atom. The second-order valence-corrected chi connectivity index (χ2v) is 19.5. The van der Waals surface area contributed by atoms with Crippen molar-refractivity contribution in [3.63, 3.8) is 0 Å². The van der Waals surface area contributed by atoms with Gasteiger partial charge >= 0.3 is 0 Å². The molecule has 0 saturated heterocycles. The summed E-state index contributed by atoms with van der Waals surface area (Å²) in [5, 5.41) is 0.262. The Kier molecular flexibility index (Phi) is 9.47. The van der Waals surface area contributed by atoms with Crippen LogP contribution in [0.4, 0.5) is 0 Å². The van der Waals surface area contributed by atoms with Crippen molar-refractivity contribution in [2.24, 2.45) is 35.0 Å². The second-order valence-electron chi connectivity index (χ2n) is 14.7. The normalized spacial score (nSPS) is 34.1. The van der Waals surface area contributed by atoms with Crippen LogP contribution in [0.2, 0.25) is 18.1 Å². The zero-order valence-electron chi connectivity index (χ0n) is 25.5. The van der Waals surface area contributed by atoms with Crippen molar-refractivity contribution in [1.29, 1.82) is 0 Å². The number of rotatable bonds is 7. The van der Waals surface area contributed by atoms with Crippen LogP contribution in [0.3, 0.4) is 0 Å². The molecular weight excluding hydrogens is 452 g/mol.